The fraction of sp³-hybridized carbons (Fsp3) is 0.350. The maximum Gasteiger partial charge on any atom is 0.242 e. The molecule has 24 heavy (non-hydrogen) atoms. The molecule has 0 heterocycles. The summed E-state index contributed by atoms with van der Waals surface area (Å²) in [6.45, 7) is 6.92. The van der Waals surface area contributed by atoms with Crippen molar-refractivity contribution in [3.63, 3.8) is 0 Å². The SMILES string of the molecule is CC(C)(C)N(Cc1ccccc1)C(=O)CNc1cccc(CO)c1. The van der Waals surface area contributed by atoms with Crippen molar-refractivity contribution in [3.8, 4) is 0 Å². The lowest BCUT2D eigenvalue weighted by molar-refractivity contribution is -0.134. The van der Waals surface area contributed by atoms with Crippen LogP contribution in [0.5, 0.6) is 0 Å². The molecular formula is C20H26N2O2. The molecule has 4 nitrogen and oxygen atoms in total. The second-order valence-corrected chi connectivity index (χ2v) is 6.85. The molecular weight excluding hydrogens is 300 g/mol. The van der Waals surface area contributed by atoms with Crippen LogP contribution in [0.1, 0.15) is 31.9 Å². The first kappa shape index (κ1) is 18.0. The van der Waals surface area contributed by atoms with Crippen molar-refractivity contribution in [2.45, 2.75) is 39.5 Å². The number of aliphatic hydroxyl groups is 1. The Hall–Kier alpha value is -2.33. The molecule has 0 aromatic heterocycles. The number of nitrogens with zero attached hydrogens (tertiary/aromatic N) is 1. The van der Waals surface area contributed by atoms with Gasteiger partial charge in [0.1, 0.15) is 0 Å². The van der Waals surface area contributed by atoms with Gasteiger partial charge in [-0.3, -0.25) is 4.79 Å². The molecule has 0 aliphatic heterocycles. The minimum Gasteiger partial charge on any atom is -0.392 e. The molecule has 0 aliphatic rings. The summed E-state index contributed by atoms with van der Waals surface area (Å²) in [5.41, 5.74) is 2.51. The number of anilines is 1. The molecule has 128 valence electrons. The summed E-state index contributed by atoms with van der Waals surface area (Å²) >= 11 is 0. The fourth-order valence-corrected chi connectivity index (χ4v) is 2.52. The van der Waals surface area contributed by atoms with Crippen LogP contribution >= 0.6 is 0 Å². The predicted octanol–water partition coefficient (Wildman–Crippen LogP) is 3.42. The van der Waals surface area contributed by atoms with Crippen LogP contribution in [0.25, 0.3) is 0 Å². The number of rotatable bonds is 6. The monoisotopic (exact) mass is 326 g/mol. The maximum absolute atomic E-state index is 12.7. The number of amides is 1. The lowest BCUT2D eigenvalue weighted by Crippen LogP contribution is -2.47. The van der Waals surface area contributed by atoms with Crippen LogP contribution in [-0.2, 0) is 17.9 Å². The third-order valence-electron chi connectivity index (χ3n) is 3.85. The Morgan fingerprint density at radius 3 is 2.33 bits per heavy atom. The molecule has 0 spiro atoms. The lowest BCUT2D eigenvalue weighted by Gasteiger charge is -2.36. The summed E-state index contributed by atoms with van der Waals surface area (Å²) in [5, 5.41) is 12.4. The molecule has 0 unspecified atom stereocenters. The number of hydrogen-bond donors (Lipinski definition) is 2. The van der Waals surface area contributed by atoms with Gasteiger partial charge < -0.3 is 15.3 Å². The van der Waals surface area contributed by atoms with Gasteiger partial charge in [-0.05, 0) is 44.0 Å². The predicted molar refractivity (Wildman–Crippen MR) is 97.6 cm³/mol. The molecule has 0 fully saturated rings. The van der Waals surface area contributed by atoms with Gasteiger partial charge in [0.05, 0.1) is 13.2 Å². The van der Waals surface area contributed by atoms with Crippen molar-refractivity contribution >= 4 is 11.6 Å². The van der Waals surface area contributed by atoms with Crippen LogP contribution in [0.4, 0.5) is 5.69 Å². The van der Waals surface area contributed by atoms with Crippen molar-refractivity contribution in [2.24, 2.45) is 0 Å². The van der Waals surface area contributed by atoms with E-state index >= 15 is 0 Å². The molecule has 0 radical (unpaired) electrons. The minimum absolute atomic E-state index is 0.00834. The maximum atomic E-state index is 12.7. The summed E-state index contributed by atoms with van der Waals surface area (Å²) in [6.07, 6.45) is 0. The quantitative estimate of drug-likeness (QED) is 0.855. The smallest absolute Gasteiger partial charge is 0.242 e. The Kier molecular flexibility index (Phi) is 5.99. The first-order valence-electron chi connectivity index (χ1n) is 8.18. The Morgan fingerprint density at radius 1 is 1.04 bits per heavy atom. The lowest BCUT2D eigenvalue weighted by atomic mass is 10.0. The van der Waals surface area contributed by atoms with Gasteiger partial charge in [0.25, 0.3) is 0 Å². The van der Waals surface area contributed by atoms with Crippen molar-refractivity contribution < 1.29 is 9.90 Å². The van der Waals surface area contributed by atoms with E-state index in [9.17, 15) is 9.90 Å². The molecule has 0 saturated carbocycles. The molecule has 0 atom stereocenters. The molecule has 0 saturated heterocycles. The van der Waals surface area contributed by atoms with E-state index in [0.29, 0.717) is 6.54 Å². The number of hydrogen-bond acceptors (Lipinski definition) is 3. The molecule has 2 N–H and O–H groups in total. The molecule has 4 heteroatoms. The van der Waals surface area contributed by atoms with Crippen LogP contribution in [0.3, 0.4) is 0 Å². The third kappa shape index (κ3) is 5.10. The van der Waals surface area contributed by atoms with E-state index in [1.165, 1.54) is 0 Å². The molecule has 2 aromatic carbocycles. The molecule has 1 amide bonds. The summed E-state index contributed by atoms with van der Waals surface area (Å²) in [4.78, 5) is 14.6. The summed E-state index contributed by atoms with van der Waals surface area (Å²) in [7, 11) is 0. The third-order valence-corrected chi connectivity index (χ3v) is 3.85. The van der Waals surface area contributed by atoms with Crippen LogP contribution in [0, 0.1) is 0 Å². The topological polar surface area (TPSA) is 52.6 Å². The first-order valence-corrected chi connectivity index (χ1v) is 8.18. The van der Waals surface area contributed by atoms with Crippen molar-refractivity contribution in [1.29, 1.82) is 0 Å². The Morgan fingerprint density at radius 2 is 1.71 bits per heavy atom. The summed E-state index contributed by atoms with van der Waals surface area (Å²) in [5.74, 6) is 0.0424. The van der Waals surface area contributed by atoms with Crippen LogP contribution in [-0.4, -0.2) is 28.0 Å². The van der Waals surface area contributed by atoms with Gasteiger partial charge in [0.15, 0.2) is 0 Å². The van der Waals surface area contributed by atoms with Gasteiger partial charge in [0, 0.05) is 17.8 Å². The number of carbonyl (C=O) groups is 1. The highest BCUT2D eigenvalue weighted by Crippen LogP contribution is 2.18. The van der Waals surface area contributed by atoms with E-state index in [0.717, 1.165) is 16.8 Å². The molecule has 2 rings (SSSR count). The number of carbonyl (C=O) groups excluding carboxylic acids is 1. The standard InChI is InChI=1S/C20H26N2O2/c1-20(2,3)22(14-16-8-5-4-6-9-16)19(24)13-21-18-11-7-10-17(12-18)15-23/h4-12,21,23H,13-15H2,1-3H3. The van der Waals surface area contributed by atoms with E-state index in [-0.39, 0.29) is 24.6 Å². The van der Waals surface area contributed by atoms with Crippen LogP contribution in [0.2, 0.25) is 0 Å². The van der Waals surface area contributed by atoms with E-state index in [4.69, 9.17) is 0 Å². The summed E-state index contributed by atoms with van der Waals surface area (Å²) < 4.78 is 0. The van der Waals surface area contributed by atoms with E-state index in [1.807, 2.05) is 80.3 Å². The average molecular weight is 326 g/mol. The van der Waals surface area contributed by atoms with Crippen molar-refractivity contribution in [3.05, 3.63) is 65.7 Å². The van der Waals surface area contributed by atoms with Gasteiger partial charge in [-0.15, -0.1) is 0 Å². The van der Waals surface area contributed by atoms with Gasteiger partial charge >= 0.3 is 0 Å². The van der Waals surface area contributed by atoms with Gasteiger partial charge in [-0.2, -0.15) is 0 Å². The zero-order valence-electron chi connectivity index (χ0n) is 14.6. The van der Waals surface area contributed by atoms with E-state index in [1.54, 1.807) is 0 Å². The highest BCUT2D eigenvalue weighted by Gasteiger charge is 2.26. The second kappa shape index (κ2) is 7.97. The van der Waals surface area contributed by atoms with Crippen LogP contribution < -0.4 is 5.32 Å². The van der Waals surface area contributed by atoms with Crippen molar-refractivity contribution in [1.82, 2.24) is 4.90 Å². The van der Waals surface area contributed by atoms with E-state index in [2.05, 4.69) is 5.32 Å². The average Bonchev–Trinajstić information content (AvgIpc) is 2.57. The fourth-order valence-electron chi connectivity index (χ4n) is 2.52. The normalized spacial score (nSPS) is 11.2. The zero-order valence-corrected chi connectivity index (χ0v) is 14.6. The molecule has 0 aliphatic carbocycles. The largest absolute Gasteiger partial charge is 0.392 e. The van der Waals surface area contributed by atoms with E-state index < -0.39 is 0 Å². The van der Waals surface area contributed by atoms with Gasteiger partial charge in [-0.1, -0.05) is 42.5 Å². The minimum atomic E-state index is -0.262. The highest BCUT2D eigenvalue weighted by atomic mass is 16.3. The molecule has 0 bridgehead atoms. The van der Waals surface area contributed by atoms with Crippen molar-refractivity contribution in [2.75, 3.05) is 11.9 Å². The highest BCUT2D eigenvalue weighted by molar-refractivity contribution is 5.81. The summed E-state index contributed by atoms with van der Waals surface area (Å²) in [6, 6.07) is 17.5. The first-order chi connectivity index (χ1) is 11.4. The van der Waals surface area contributed by atoms with Gasteiger partial charge in [0.2, 0.25) is 5.91 Å². The Bertz CT molecular complexity index is 663. The Balaban J connectivity index is 2.05. The van der Waals surface area contributed by atoms with Gasteiger partial charge in [-0.25, -0.2) is 0 Å². The zero-order chi connectivity index (χ0) is 17.6. The molecule has 2 aromatic rings. The van der Waals surface area contributed by atoms with Crippen LogP contribution in [0.15, 0.2) is 54.6 Å². The number of benzene rings is 2. The Labute approximate surface area is 144 Å². The number of aliphatic hydroxyl groups excluding tert-OH is 1. The number of nitrogens with one attached hydrogen (secondary N) is 1. The second-order valence-electron chi connectivity index (χ2n) is 6.85.